The molecule has 3 heterocycles. The van der Waals surface area contributed by atoms with Crippen LogP contribution in [0.3, 0.4) is 0 Å². The molecule has 142 valence electrons. The van der Waals surface area contributed by atoms with Crippen molar-refractivity contribution in [3.63, 3.8) is 0 Å². The molecule has 0 saturated carbocycles. The summed E-state index contributed by atoms with van der Waals surface area (Å²) in [6, 6.07) is 0. The van der Waals surface area contributed by atoms with Crippen molar-refractivity contribution in [1.29, 1.82) is 0 Å². The number of carbonyl (C=O) groups excluding carboxylic acids is 1. The van der Waals surface area contributed by atoms with Crippen LogP contribution in [0.2, 0.25) is 0 Å². The zero-order valence-electron chi connectivity index (χ0n) is 15.3. The first-order valence-electron chi connectivity index (χ1n) is 8.62. The molecule has 10 nitrogen and oxygen atoms in total. The smallest absolute Gasteiger partial charge is 0.280 e. The summed E-state index contributed by atoms with van der Waals surface area (Å²) < 4.78 is 7.77. The Bertz CT molecular complexity index is 845. The lowest BCUT2D eigenvalue weighted by atomic mass is 10.0. The Morgan fingerprint density at radius 3 is 3.00 bits per heavy atom. The van der Waals surface area contributed by atoms with Crippen LogP contribution < -0.4 is 16.4 Å². The largest absolute Gasteiger partial charge is 0.352 e. The van der Waals surface area contributed by atoms with Crippen LogP contribution in [0, 0.1) is 11.8 Å². The standard InChI is InChI=1S/C16H24N6O4/c1-8(2)14(23)20-16-19-13-12(15(24)21-16)18-7-22(13)11-5-9(3)10(26-11)6-25-17-4/h7-11,17H,5-6H2,1-4H3,(H2,19,20,21,23,24)/t9-,10+,11+/m0/s1. The van der Waals surface area contributed by atoms with E-state index in [0.717, 1.165) is 6.42 Å². The summed E-state index contributed by atoms with van der Waals surface area (Å²) in [7, 11) is 1.70. The Morgan fingerprint density at radius 1 is 1.54 bits per heavy atom. The van der Waals surface area contributed by atoms with Crippen LogP contribution in [0.1, 0.15) is 33.4 Å². The molecular formula is C16H24N6O4. The van der Waals surface area contributed by atoms with E-state index in [9.17, 15) is 9.59 Å². The summed E-state index contributed by atoms with van der Waals surface area (Å²) >= 11 is 0. The lowest BCUT2D eigenvalue weighted by molar-refractivity contribution is -0.118. The number of imidazole rings is 1. The maximum absolute atomic E-state index is 12.3. The lowest BCUT2D eigenvalue weighted by Crippen LogP contribution is -2.24. The molecule has 1 saturated heterocycles. The number of H-pyrrole nitrogens is 1. The Labute approximate surface area is 150 Å². The minimum Gasteiger partial charge on any atom is -0.352 e. The average molecular weight is 364 g/mol. The minimum absolute atomic E-state index is 0.0768. The fourth-order valence-corrected chi connectivity index (χ4v) is 2.87. The summed E-state index contributed by atoms with van der Waals surface area (Å²) in [5.41, 5.74) is 2.81. The van der Waals surface area contributed by atoms with Gasteiger partial charge in [0.2, 0.25) is 11.9 Å². The van der Waals surface area contributed by atoms with Crippen molar-refractivity contribution >= 4 is 23.0 Å². The number of ether oxygens (including phenoxy) is 1. The Balaban J connectivity index is 1.89. The van der Waals surface area contributed by atoms with Gasteiger partial charge in [-0.05, 0) is 12.3 Å². The molecule has 2 aromatic heterocycles. The first-order valence-corrected chi connectivity index (χ1v) is 8.62. The normalized spacial score (nSPS) is 23.0. The number of aromatic amines is 1. The zero-order chi connectivity index (χ0) is 18.8. The fraction of sp³-hybridized carbons (Fsp3) is 0.625. The molecule has 26 heavy (non-hydrogen) atoms. The van der Waals surface area contributed by atoms with E-state index < -0.39 is 5.56 Å². The Kier molecular flexibility index (Phi) is 5.35. The van der Waals surface area contributed by atoms with Crippen LogP contribution in [-0.4, -0.2) is 45.2 Å². The van der Waals surface area contributed by atoms with Crippen LogP contribution in [0.25, 0.3) is 11.2 Å². The Morgan fingerprint density at radius 2 is 2.31 bits per heavy atom. The topological polar surface area (TPSA) is 123 Å². The minimum atomic E-state index is -0.408. The van der Waals surface area contributed by atoms with Gasteiger partial charge in [0.05, 0.1) is 19.0 Å². The van der Waals surface area contributed by atoms with Crippen molar-refractivity contribution in [3.8, 4) is 0 Å². The zero-order valence-corrected chi connectivity index (χ0v) is 15.3. The van der Waals surface area contributed by atoms with Crippen LogP contribution in [-0.2, 0) is 14.4 Å². The second kappa shape index (κ2) is 7.52. The monoisotopic (exact) mass is 364 g/mol. The number of carbonyl (C=O) groups is 1. The molecular weight excluding hydrogens is 340 g/mol. The number of rotatable bonds is 6. The second-order valence-electron chi connectivity index (χ2n) is 6.74. The average Bonchev–Trinajstić information content (AvgIpc) is 3.16. The molecule has 3 atom stereocenters. The molecule has 0 bridgehead atoms. The number of nitrogens with one attached hydrogen (secondary N) is 3. The SMILES string of the molecule is CNOC[C@H]1O[C@@H](n2cnc3c(=O)[nH]c(NC(=O)C(C)C)nc32)C[C@@H]1C. The van der Waals surface area contributed by atoms with Crippen LogP contribution >= 0.6 is 0 Å². The highest BCUT2D eigenvalue weighted by atomic mass is 16.7. The lowest BCUT2D eigenvalue weighted by Gasteiger charge is -2.16. The van der Waals surface area contributed by atoms with Gasteiger partial charge in [0.15, 0.2) is 11.2 Å². The molecule has 10 heteroatoms. The third-order valence-corrected chi connectivity index (χ3v) is 4.44. The highest BCUT2D eigenvalue weighted by molar-refractivity contribution is 5.91. The van der Waals surface area contributed by atoms with Crippen molar-refractivity contribution in [3.05, 3.63) is 16.7 Å². The van der Waals surface area contributed by atoms with Crippen LogP contribution in [0.4, 0.5) is 5.95 Å². The van der Waals surface area contributed by atoms with E-state index >= 15 is 0 Å². The van der Waals surface area contributed by atoms with Gasteiger partial charge in [0, 0.05) is 13.0 Å². The summed E-state index contributed by atoms with van der Waals surface area (Å²) in [5, 5.41) is 2.61. The molecule has 1 aliphatic rings. The van der Waals surface area contributed by atoms with Gasteiger partial charge < -0.3 is 4.74 Å². The van der Waals surface area contributed by atoms with Crippen molar-refractivity contribution < 1.29 is 14.4 Å². The molecule has 0 aliphatic carbocycles. The maximum Gasteiger partial charge on any atom is 0.280 e. The van der Waals surface area contributed by atoms with Gasteiger partial charge in [-0.2, -0.15) is 4.98 Å². The van der Waals surface area contributed by atoms with Gasteiger partial charge in [0.25, 0.3) is 5.56 Å². The molecule has 0 radical (unpaired) electrons. The van der Waals surface area contributed by atoms with Crippen LogP contribution in [0.15, 0.2) is 11.1 Å². The van der Waals surface area contributed by atoms with Crippen molar-refractivity contribution in [2.75, 3.05) is 19.0 Å². The predicted molar refractivity (Wildman–Crippen MR) is 94.3 cm³/mol. The van der Waals surface area contributed by atoms with Gasteiger partial charge in [-0.3, -0.25) is 29.3 Å². The van der Waals surface area contributed by atoms with Crippen LogP contribution in [0.5, 0.6) is 0 Å². The Hall–Kier alpha value is -2.30. The van der Waals surface area contributed by atoms with E-state index in [4.69, 9.17) is 9.57 Å². The molecule has 0 spiro atoms. The van der Waals surface area contributed by atoms with Gasteiger partial charge in [-0.1, -0.05) is 20.8 Å². The van der Waals surface area contributed by atoms with Crippen molar-refractivity contribution in [2.24, 2.45) is 11.8 Å². The van der Waals surface area contributed by atoms with Crippen molar-refractivity contribution in [1.82, 2.24) is 25.0 Å². The number of fused-ring (bicyclic) bond motifs is 1. The van der Waals surface area contributed by atoms with E-state index in [1.54, 1.807) is 31.8 Å². The quantitative estimate of drug-likeness (QED) is 0.648. The van der Waals surface area contributed by atoms with E-state index in [1.807, 2.05) is 0 Å². The van der Waals surface area contributed by atoms with E-state index in [0.29, 0.717) is 12.3 Å². The number of hydroxylamine groups is 1. The highest BCUT2D eigenvalue weighted by Gasteiger charge is 2.34. The number of anilines is 1. The van der Waals surface area contributed by atoms with Gasteiger partial charge >= 0.3 is 0 Å². The van der Waals surface area contributed by atoms with Gasteiger partial charge in [-0.15, -0.1) is 0 Å². The molecule has 2 aromatic rings. The predicted octanol–water partition coefficient (Wildman–Crippen LogP) is 0.789. The maximum atomic E-state index is 12.3. The summed E-state index contributed by atoms with van der Waals surface area (Å²) in [6.45, 7) is 6.02. The van der Waals surface area contributed by atoms with Gasteiger partial charge in [-0.25, -0.2) is 10.5 Å². The summed E-state index contributed by atoms with van der Waals surface area (Å²) in [4.78, 5) is 40.4. The fourth-order valence-electron chi connectivity index (χ4n) is 2.87. The number of hydrogen-bond donors (Lipinski definition) is 3. The summed E-state index contributed by atoms with van der Waals surface area (Å²) in [5.74, 6) is -0.0848. The molecule has 3 rings (SSSR count). The number of amides is 1. The summed E-state index contributed by atoms with van der Waals surface area (Å²) in [6.07, 6.45) is 1.90. The molecule has 1 amide bonds. The first-order chi connectivity index (χ1) is 12.4. The third-order valence-electron chi connectivity index (χ3n) is 4.44. The second-order valence-corrected chi connectivity index (χ2v) is 6.74. The van der Waals surface area contributed by atoms with Crippen molar-refractivity contribution in [2.45, 2.75) is 39.5 Å². The third kappa shape index (κ3) is 3.62. The van der Waals surface area contributed by atoms with Gasteiger partial charge in [0.1, 0.15) is 6.23 Å². The number of nitrogens with zero attached hydrogens (tertiary/aromatic N) is 3. The number of aromatic nitrogens is 4. The molecule has 1 fully saturated rings. The molecule has 3 N–H and O–H groups in total. The first kappa shape index (κ1) is 18.5. The van der Waals surface area contributed by atoms with E-state index in [2.05, 4.69) is 32.7 Å². The molecule has 0 unspecified atom stereocenters. The number of hydrogen-bond acceptors (Lipinski definition) is 7. The van der Waals surface area contributed by atoms with E-state index in [-0.39, 0.29) is 41.5 Å². The molecule has 0 aromatic carbocycles. The molecule has 1 aliphatic heterocycles. The van der Waals surface area contributed by atoms with E-state index in [1.165, 1.54) is 0 Å². The highest BCUT2D eigenvalue weighted by Crippen LogP contribution is 2.34.